The third-order valence-electron chi connectivity index (χ3n) is 3.23. The molecular formula is C17H27F2N3O2. The quantitative estimate of drug-likeness (QED) is 0.368. The number of rotatable bonds is 11. The third kappa shape index (κ3) is 8.79. The van der Waals surface area contributed by atoms with Gasteiger partial charge in [-0.25, -0.2) is 8.78 Å². The normalized spacial score (nSPS) is 11.6. The van der Waals surface area contributed by atoms with Gasteiger partial charge in [-0.2, -0.15) is 0 Å². The molecule has 0 atom stereocenters. The number of aliphatic imine (C=N–C) groups is 1. The lowest BCUT2D eigenvalue weighted by Crippen LogP contribution is -2.38. The summed E-state index contributed by atoms with van der Waals surface area (Å²) >= 11 is 0. The number of ether oxygens (including phenoxy) is 2. The second kappa shape index (κ2) is 12.7. The minimum Gasteiger partial charge on any atom is -0.379 e. The first-order valence-corrected chi connectivity index (χ1v) is 8.21. The predicted octanol–water partition coefficient (Wildman–Crippen LogP) is 2.46. The SMILES string of the molecule is CCCCOCCOCCNC(=NC)NCc1cc(F)ccc1F. The van der Waals surface area contributed by atoms with Crippen LogP contribution in [-0.2, 0) is 16.0 Å². The van der Waals surface area contributed by atoms with Crippen molar-refractivity contribution in [3.63, 3.8) is 0 Å². The Kier molecular flexibility index (Phi) is 10.7. The van der Waals surface area contributed by atoms with Gasteiger partial charge in [0.2, 0.25) is 0 Å². The molecule has 0 radical (unpaired) electrons. The number of nitrogens with one attached hydrogen (secondary N) is 2. The van der Waals surface area contributed by atoms with Crippen LogP contribution in [0.15, 0.2) is 23.2 Å². The van der Waals surface area contributed by atoms with E-state index in [-0.39, 0.29) is 12.1 Å². The third-order valence-corrected chi connectivity index (χ3v) is 3.23. The van der Waals surface area contributed by atoms with Crippen molar-refractivity contribution in [2.75, 3.05) is 40.0 Å². The van der Waals surface area contributed by atoms with E-state index in [1.807, 2.05) is 0 Å². The molecule has 0 aliphatic rings. The lowest BCUT2D eigenvalue weighted by molar-refractivity contribution is 0.0487. The van der Waals surface area contributed by atoms with E-state index in [0.29, 0.717) is 32.3 Å². The van der Waals surface area contributed by atoms with Gasteiger partial charge in [-0.05, 0) is 24.6 Å². The topological polar surface area (TPSA) is 54.9 Å². The van der Waals surface area contributed by atoms with Crippen LogP contribution in [0.5, 0.6) is 0 Å². The van der Waals surface area contributed by atoms with E-state index in [9.17, 15) is 8.78 Å². The fourth-order valence-electron chi connectivity index (χ4n) is 1.89. The van der Waals surface area contributed by atoms with Crippen molar-refractivity contribution in [1.82, 2.24) is 10.6 Å². The van der Waals surface area contributed by atoms with Crippen LogP contribution in [0.4, 0.5) is 8.78 Å². The van der Waals surface area contributed by atoms with Crippen LogP contribution in [0.2, 0.25) is 0 Å². The lowest BCUT2D eigenvalue weighted by Gasteiger charge is -2.12. The minimum atomic E-state index is -0.467. The molecule has 0 amide bonds. The van der Waals surface area contributed by atoms with Crippen LogP contribution >= 0.6 is 0 Å². The molecule has 24 heavy (non-hydrogen) atoms. The summed E-state index contributed by atoms with van der Waals surface area (Å²) in [4.78, 5) is 4.02. The molecule has 0 aromatic heterocycles. The standard InChI is InChI=1S/C17H27F2N3O2/c1-3-4-8-23-10-11-24-9-7-21-17(20-2)22-13-14-12-15(18)5-6-16(14)19/h5-6,12H,3-4,7-11,13H2,1-2H3,(H2,20,21,22). The number of unbranched alkanes of at least 4 members (excludes halogenated alkanes) is 1. The molecule has 136 valence electrons. The lowest BCUT2D eigenvalue weighted by atomic mass is 10.2. The first-order chi connectivity index (χ1) is 11.7. The monoisotopic (exact) mass is 343 g/mol. The molecule has 0 saturated carbocycles. The fraction of sp³-hybridized carbons (Fsp3) is 0.588. The average Bonchev–Trinajstić information content (AvgIpc) is 2.58. The van der Waals surface area contributed by atoms with Gasteiger partial charge in [-0.1, -0.05) is 13.3 Å². The summed E-state index contributed by atoms with van der Waals surface area (Å²) in [5, 5.41) is 5.97. The number of nitrogens with zero attached hydrogens (tertiary/aromatic N) is 1. The van der Waals surface area contributed by atoms with Crippen molar-refractivity contribution in [2.24, 2.45) is 4.99 Å². The van der Waals surface area contributed by atoms with Gasteiger partial charge in [0.25, 0.3) is 0 Å². The van der Waals surface area contributed by atoms with Gasteiger partial charge in [-0.15, -0.1) is 0 Å². The Labute approximate surface area is 142 Å². The average molecular weight is 343 g/mol. The first kappa shape index (κ1) is 20.3. The molecule has 0 unspecified atom stereocenters. The highest BCUT2D eigenvalue weighted by Gasteiger charge is 2.05. The zero-order valence-electron chi connectivity index (χ0n) is 14.4. The molecular weight excluding hydrogens is 316 g/mol. The van der Waals surface area contributed by atoms with Crippen molar-refractivity contribution >= 4 is 5.96 Å². The maximum Gasteiger partial charge on any atom is 0.191 e. The number of hydrogen-bond donors (Lipinski definition) is 2. The van der Waals surface area contributed by atoms with Gasteiger partial charge in [0, 0.05) is 32.3 Å². The van der Waals surface area contributed by atoms with Gasteiger partial charge in [0.05, 0.1) is 19.8 Å². The van der Waals surface area contributed by atoms with Gasteiger partial charge < -0.3 is 20.1 Å². The van der Waals surface area contributed by atoms with Crippen LogP contribution in [0, 0.1) is 11.6 Å². The van der Waals surface area contributed by atoms with Gasteiger partial charge >= 0.3 is 0 Å². The molecule has 1 aromatic carbocycles. The summed E-state index contributed by atoms with van der Waals surface area (Å²) in [5.74, 6) is -0.419. The Hall–Kier alpha value is -1.73. The molecule has 1 rings (SSSR count). The zero-order chi connectivity index (χ0) is 17.6. The van der Waals surface area contributed by atoms with Crippen LogP contribution in [-0.4, -0.2) is 46.0 Å². The number of hydrogen-bond acceptors (Lipinski definition) is 3. The van der Waals surface area contributed by atoms with Gasteiger partial charge in [0.15, 0.2) is 5.96 Å². The molecule has 0 spiro atoms. The van der Waals surface area contributed by atoms with E-state index < -0.39 is 11.6 Å². The van der Waals surface area contributed by atoms with E-state index in [1.54, 1.807) is 7.05 Å². The highest BCUT2D eigenvalue weighted by molar-refractivity contribution is 5.79. The van der Waals surface area contributed by atoms with E-state index in [2.05, 4.69) is 22.5 Å². The largest absolute Gasteiger partial charge is 0.379 e. The van der Waals surface area contributed by atoms with Crippen molar-refractivity contribution in [3.05, 3.63) is 35.4 Å². The Morgan fingerprint density at radius 3 is 2.54 bits per heavy atom. The Bertz CT molecular complexity index is 499. The zero-order valence-corrected chi connectivity index (χ0v) is 14.4. The molecule has 0 aliphatic heterocycles. The second-order valence-electron chi connectivity index (χ2n) is 5.17. The van der Waals surface area contributed by atoms with Crippen molar-refractivity contribution in [3.8, 4) is 0 Å². The van der Waals surface area contributed by atoms with Crippen molar-refractivity contribution in [1.29, 1.82) is 0 Å². The highest BCUT2D eigenvalue weighted by atomic mass is 19.1. The fourth-order valence-corrected chi connectivity index (χ4v) is 1.89. The van der Waals surface area contributed by atoms with Crippen LogP contribution < -0.4 is 10.6 Å². The van der Waals surface area contributed by atoms with Crippen LogP contribution in [0.25, 0.3) is 0 Å². The molecule has 7 heteroatoms. The Morgan fingerprint density at radius 1 is 1.08 bits per heavy atom. The summed E-state index contributed by atoms with van der Waals surface area (Å²) in [6.45, 7) is 5.24. The smallest absolute Gasteiger partial charge is 0.191 e. The number of halogens is 2. The highest BCUT2D eigenvalue weighted by Crippen LogP contribution is 2.08. The van der Waals surface area contributed by atoms with Crippen molar-refractivity contribution < 1.29 is 18.3 Å². The molecule has 0 heterocycles. The molecule has 0 aliphatic carbocycles. The van der Waals surface area contributed by atoms with E-state index >= 15 is 0 Å². The number of benzene rings is 1. The second-order valence-corrected chi connectivity index (χ2v) is 5.17. The Balaban J connectivity index is 2.14. The summed E-state index contributed by atoms with van der Waals surface area (Å²) in [6.07, 6.45) is 2.19. The molecule has 0 saturated heterocycles. The van der Waals surface area contributed by atoms with Gasteiger partial charge in [-0.3, -0.25) is 4.99 Å². The van der Waals surface area contributed by atoms with Crippen LogP contribution in [0.1, 0.15) is 25.3 Å². The predicted molar refractivity (Wildman–Crippen MR) is 91.1 cm³/mol. The maximum absolute atomic E-state index is 13.5. The van der Waals surface area contributed by atoms with Gasteiger partial charge in [0.1, 0.15) is 11.6 Å². The summed E-state index contributed by atoms with van der Waals surface area (Å²) in [6, 6.07) is 3.37. The summed E-state index contributed by atoms with van der Waals surface area (Å²) < 4.78 is 37.4. The van der Waals surface area contributed by atoms with Crippen molar-refractivity contribution in [2.45, 2.75) is 26.3 Å². The van der Waals surface area contributed by atoms with E-state index in [4.69, 9.17) is 9.47 Å². The summed E-state index contributed by atoms with van der Waals surface area (Å²) in [5.41, 5.74) is 0.249. The number of guanidine groups is 1. The summed E-state index contributed by atoms with van der Waals surface area (Å²) in [7, 11) is 1.61. The molecule has 2 N–H and O–H groups in total. The Morgan fingerprint density at radius 2 is 1.83 bits per heavy atom. The molecule has 1 aromatic rings. The molecule has 5 nitrogen and oxygen atoms in total. The minimum absolute atomic E-state index is 0.148. The van der Waals surface area contributed by atoms with E-state index in [0.717, 1.165) is 37.6 Å². The maximum atomic E-state index is 13.5. The van der Waals surface area contributed by atoms with Crippen LogP contribution in [0.3, 0.4) is 0 Å². The molecule has 0 fully saturated rings. The molecule has 0 bridgehead atoms. The first-order valence-electron chi connectivity index (χ1n) is 8.21. The van der Waals surface area contributed by atoms with E-state index in [1.165, 1.54) is 0 Å².